The van der Waals surface area contributed by atoms with E-state index in [4.69, 9.17) is 10.5 Å². The first-order valence-electron chi connectivity index (χ1n) is 5.83. The molecule has 1 rings (SSSR count). The maximum atomic E-state index is 6.01. The van der Waals surface area contributed by atoms with Crippen LogP contribution in [-0.2, 0) is 4.74 Å². The summed E-state index contributed by atoms with van der Waals surface area (Å²) in [6.45, 7) is 8.35. The summed E-state index contributed by atoms with van der Waals surface area (Å²) in [6, 6.07) is 3.89. The van der Waals surface area contributed by atoms with E-state index in [0.29, 0.717) is 5.92 Å². The van der Waals surface area contributed by atoms with Crippen molar-refractivity contribution in [3.05, 3.63) is 30.1 Å². The zero-order valence-electron chi connectivity index (χ0n) is 10.6. The van der Waals surface area contributed by atoms with E-state index in [0.717, 1.165) is 5.56 Å². The van der Waals surface area contributed by atoms with Crippen LogP contribution >= 0.6 is 0 Å². The van der Waals surface area contributed by atoms with Gasteiger partial charge in [0.2, 0.25) is 0 Å². The van der Waals surface area contributed by atoms with Crippen LogP contribution in [-0.4, -0.2) is 17.1 Å². The first-order valence-corrected chi connectivity index (χ1v) is 5.83. The van der Waals surface area contributed by atoms with E-state index in [-0.39, 0.29) is 18.2 Å². The molecule has 0 saturated carbocycles. The van der Waals surface area contributed by atoms with Crippen molar-refractivity contribution in [3.8, 4) is 0 Å². The maximum Gasteiger partial charge on any atom is 0.0977 e. The number of pyridine rings is 1. The fourth-order valence-corrected chi connectivity index (χ4v) is 1.45. The summed E-state index contributed by atoms with van der Waals surface area (Å²) in [6.07, 6.45) is 3.69. The molecule has 0 fully saturated rings. The second-order valence-corrected chi connectivity index (χ2v) is 4.65. The van der Waals surface area contributed by atoms with Gasteiger partial charge in [0.05, 0.1) is 12.2 Å². The van der Waals surface area contributed by atoms with Crippen LogP contribution in [0.2, 0.25) is 0 Å². The van der Waals surface area contributed by atoms with Crippen molar-refractivity contribution in [2.24, 2.45) is 11.7 Å². The van der Waals surface area contributed by atoms with Gasteiger partial charge in [0, 0.05) is 18.4 Å². The number of rotatable bonds is 5. The molecule has 0 aliphatic rings. The van der Waals surface area contributed by atoms with Crippen molar-refractivity contribution in [2.45, 2.75) is 45.9 Å². The molecule has 3 atom stereocenters. The summed E-state index contributed by atoms with van der Waals surface area (Å²) in [5.41, 5.74) is 7.07. The molecule has 2 N–H and O–H groups in total. The predicted octanol–water partition coefficient (Wildman–Crippen LogP) is 2.53. The number of hydrogen-bond acceptors (Lipinski definition) is 3. The molecule has 0 aromatic carbocycles. The maximum absolute atomic E-state index is 6.01. The van der Waals surface area contributed by atoms with Gasteiger partial charge in [-0.05, 0) is 37.5 Å². The van der Waals surface area contributed by atoms with Crippen molar-refractivity contribution in [1.82, 2.24) is 4.98 Å². The summed E-state index contributed by atoms with van der Waals surface area (Å²) >= 11 is 0. The quantitative estimate of drug-likeness (QED) is 0.832. The van der Waals surface area contributed by atoms with Crippen molar-refractivity contribution < 1.29 is 4.74 Å². The van der Waals surface area contributed by atoms with Gasteiger partial charge in [-0.1, -0.05) is 13.8 Å². The van der Waals surface area contributed by atoms with Crippen molar-refractivity contribution in [3.63, 3.8) is 0 Å². The fraction of sp³-hybridized carbons (Fsp3) is 0.615. The van der Waals surface area contributed by atoms with Crippen molar-refractivity contribution in [2.75, 3.05) is 0 Å². The lowest BCUT2D eigenvalue weighted by Gasteiger charge is -2.27. The highest BCUT2D eigenvalue weighted by Gasteiger charge is 2.20. The van der Waals surface area contributed by atoms with Gasteiger partial charge in [-0.15, -0.1) is 0 Å². The Hall–Kier alpha value is -0.930. The smallest absolute Gasteiger partial charge is 0.0977 e. The highest BCUT2D eigenvalue weighted by molar-refractivity contribution is 5.15. The van der Waals surface area contributed by atoms with E-state index < -0.39 is 0 Å². The standard InChI is InChI=1S/C13H22N2O/c1-9(2)11(4)16-13(10(3)14)12-5-7-15-8-6-12/h5-11,13H,14H2,1-4H3. The van der Waals surface area contributed by atoms with Crippen LogP contribution in [0.1, 0.15) is 39.4 Å². The predicted molar refractivity (Wildman–Crippen MR) is 66.0 cm³/mol. The third kappa shape index (κ3) is 3.58. The number of hydrogen-bond donors (Lipinski definition) is 1. The molecule has 3 nitrogen and oxygen atoms in total. The molecule has 0 aliphatic carbocycles. The molecule has 1 aromatic heterocycles. The Labute approximate surface area is 98.0 Å². The summed E-state index contributed by atoms with van der Waals surface area (Å²) in [7, 11) is 0. The monoisotopic (exact) mass is 222 g/mol. The molecule has 0 bridgehead atoms. The Morgan fingerprint density at radius 2 is 1.69 bits per heavy atom. The second kappa shape index (κ2) is 5.97. The van der Waals surface area contributed by atoms with E-state index in [1.54, 1.807) is 12.4 Å². The summed E-state index contributed by atoms with van der Waals surface area (Å²) in [5, 5.41) is 0. The van der Waals surface area contributed by atoms with E-state index in [2.05, 4.69) is 25.8 Å². The zero-order valence-corrected chi connectivity index (χ0v) is 10.6. The minimum absolute atomic E-state index is 0.0244. The average molecular weight is 222 g/mol. The lowest BCUT2D eigenvalue weighted by molar-refractivity contribution is -0.0364. The summed E-state index contributed by atoms with van der Waals surface area (Å²) < 4.78 is 6.01. The molecule has 0 spiro atoms. The molecule has 0 radical (unpaired) electrons. The molecule has 0 saturated heterocycles. The van der Waals surface area contributed by atoms with Crippen molar-refractivity contribution in [1.29, 1.82) is 0 Å². The molecule has 90 valence electrons. The molecule has 3 heteroatoms. The van der Waals surface area contributed by atoms with Gasteiger partial charge in [-0.3, -0.25) is 4.98 Å². The largest absolute Gasteiger partial charge is 0.369 e. The first-order chi connectivity index (χ1) is 7.52. The van der Waals surface area contributed by atoms with Crippen LogP contribution in [0.5, 0.6) is 0 Å². The van der Waals surface area contributed by atoms with Gasteiger partial charge in [0.1, 0.15) is 0 Å². The van der Waals surface area contributed by atoms with Gasteiger partial charge in [0.25, 0.3) is 0 Å². The van der Waals surface area contributed by atoms with Crippen LogP contribution in [0.4, 0.5) is 0 Å². The minimum atomic E-state index is -0.0552. The molecule has 1 heterocycles. The zero-order chi connectivity index (χ0) is 12.1. The van der Waals surface area contributed by atoms with Gasteiger partial charge >= 0.3 is 0 Å². The van der Waals surface area contributed by atoms with E-state index in [1.807, 2.05) is 19.1 Å². The molecule has 3 unspecified atom stereocenters. The Morgan fingerprint density at radius 3 is 2.12 bits per heavy atom. The van der Waals surface area contributed by atoms with E-state index >= 15 is 0 Å². The SMILES string of the molecule is CC(C)C(C)OC(c1ccncc1)C(C)N. The third-order valence-corrected chi connectivity index (χ3v) is 2.81. The fourth-order valence-electron chi connectivity index (χ4n) is 1.45. The van der Waals surface area contributed by atoms with Crippen LogP contribution in [0.15, 0.2) is 24.5 Å². The highest BCUT2D eigenvalue weighted by atomic mass is 16.5. The van der Waals surface area contributed by atoms with E-state index in [1.165, 1.54) is 0 Å². The highest BCUT2D eigenvalue weighted by Crippen LogP contribution is 2.23. The average Bonchev–Trinajstić information content (AvgIpc) is 2.26. The minimum Gasteiger partial charge on any atom is -0.369 e. The normalized spacial score (nSPS) is 17.1. The molecular formula is C13H22N2O. The number of aromatic nitrogens is 1. The van der Waals surface area contributed by atoms with Crippen LogP contribution in [0.3, 0.4) is 0 Å². The molecular weight excluding hydrogens is 200 g/mol. The number of ether oxygens (including phenoxy) is 1. The summed E-state index contributed by atoms with van der Waals surface area (Å²) in [5.74, 6) is 0.489. The number of nitrogens with zero attached hydrogens (tertiary/aromatic N) is 1. The first kappa shape index (κ1) is 13.1. The Balaban J connectivity index is 2.77. The van der Waals surface area contributed by atoms with Gasteiger partial charge < -0.3 is 10.5 Å². The molecule has 0 amide bonds. The topological polar surface area (TPSA) is 48.1 Å². The molecule has 16 heavy (non-hydrogen) atoms. The lowest BCUT2D eigenvalue weighted by Crippen LogP contribution is -2.31. The van der Waals surface area contributed by atoms with Crippen LogP contribution in [0, 0.1) is 5.92 Å². The Bertz CT molecular complexity index is 298. The summed E-state index contributed by atoms with van der Waals surface area (Å²) in [4.78, 5) is 4.01. The Morgan fingerprint density at radius 1 is 1.12 bits per heavy atom. The van der Waals surface area contributed by atoms with Gasteiger partial charge in [-0.2, -0.15) is 0 Å². The van der Waals surface area contributed by atoms with Crippen LogP contribution in [0.25, 0.3) is 0 Å². The third-order valence-electron chi connectivity index (χ3n) is 2.81. The van der Waals surface area contributed by atoms with E-state index in [9.17, 15) is 0 Å². The lowest BCUT2D eigenvalue weighted by atomic mass is 10.0. The Kier molecular flexibility index (Phi) is 4.90. The second-order valence-electron chi connectivity index (χ2n) is 4.65. The van der Waals surface area contributed by atoms with Gasteiger partial charge in [-0.25, -0.2) is 0 Å². The van der Waals surface area contributed by atoms with Crippen molar-refractivity contribution >= 4 is 0 Å². The number of nitrogens with two attached hydrogens (primary N) is 1. The van der Waals surface area contributed by atoms with Crippen LogP contribution < -0.4 is 5.73 Å². The van der Waals surface area contributed by atoms with Gasteiger partial charge in [0.15, 0.2) is 0 Å². The molecule has 0 aliphatic heterocycles. The molecule has 1 aromatic rings.